The van der Waals surface area contributed by atoms with Crippen LogP contribution in [0.2, 0.25) is 0 Å². The lowest BCUT2D eigenvalue weighted by atomic mass is 9.89. The van der Waals surface area contributed by atoms with Crippen molar-refractivity contribution >= 4 is 71.7 Å². The van der Waals surface area contributed by atoms with Crippen molar-refractivity contribution in [2.75, 3.05) is 4.90 Å². The third-order valence-corrected chi connectivity index (χ3v) is 9.68. The van der Waals surface area contributed by atoms with Crippen LogP contribution in [0.25, 0.3) is 76.9 Å². The van der Waals surface area contributed by atoms with Gasteiger partial charge in [0.25, 0.3) is 0 Å². The quantitative estimate of drug-likeness (QED) is 0.190. The minimum absolute atomic E-state index is 0.835. The highest BCUT2D eigenvalue weighted by Crippen LogP contribution is 2.46. The maximum atomic E-state index is 6.61. The Labute approximate surface area is 282 Å². The summed E-state index contributed by atoms with van der Waals surface area (Å²) >= 11 is 0. The fraction of sp³-hybridized carbons (Fsp3) is 0. The first-order valence-electron chi connectivity index (χ1n) is 16.6. The molecule has 0 fully saturated rings. The molecule has 0 saturated heterocycles. The molecule has 0 radical (unpaired) electrons. The fourth-order valence-corrected chi connectivity index (χ4v) is 7.44. The number of benzene rings is 8. The van der Waals surface area contributed by atoms with E-state index in [4.69, 9.17) is 8.83 Å². The smallest absolute Gasteiger partial charge is 0.159 e. The van der Waals surface area contributed by atoms with Crippen LogP contribution in [0, 0.1) is 0 Å². The summed E-state index contributed by atoms with van der Waals surface area (Å²) < 4.78 is 13.2. The van der Waals surface area contributed by atoms with E-state index in [1.165, 1.54) is 27.5 Å². The van der Waals surface area contributed by atoms with Crippen molar-refractivity contribution < 1.29 is 8.83 Å². The second-order valence-electron chi connectivity index (χ2n) is 12.5. The van der Waals surface area contributed by atoms with Crippen LogP contribution in [0.4, 0.5) is 17.1 Å². The first kappa shape index (κ1) is 27.5. The number of anilines is 3. The van der Waals surface area contributed by atoms with Crippen LogP contribution in [0.5, 0.6) is 0 Å². The van der Waals surface area contributed by atoms with E-state index in [0.29, 0.717) is 0 Å². The Morgan fingerprint density at radius 1 is 0.347 bits per heavy atom. The number of hydrogen-bond donors (Lipinski definition) is 0. The molecule has 49 heavy (non-hydrogen) atoms. The molecule has 0 aliphatic carbocycles. The van der Waals surface area contributed by atoms with Crippen molar-refractivity contribution in [3.63, 3.8) is 0 Å². The van der Waals surface area contributed by atoms with Gasteiger partial charge in [-0.05, 0) is 69.4 Å². The summed E-state index contributed by atoms with van der Waals surface area (Å²) in [5, 5.41) is 6.80. The Morgan fingerprint density at radius 2 is 0.878 bits per heavy atom. The van der Waals surface area contributed by atoms with E-state index in [1.807, 2.05) is 24.3 Å². The highest BCUT2D eigenvalue weighted by molar-refractivity contribution is 6.14. The summed E-state index contributed by atoms with van der Waals surface area (Å²) in [6, 6.07) is 61.9. The van der Waals surface area contributed by atoms with Gasteiger partial charge in [-0.3, -0.25) is 0 Å². The highest BCUT2D eigenvalue weighted by Gasteiger charge is 2.23. The van der Waals surface area contributed by atoms with Crippen molar-refractivity contribution in [1.82, 2.24) is 0 Å². The molecular formula is C46H29NO2. The zero-order chi connectivity index (χ0) is 32.3. The number of fused-ring (bicyclic) bond motifs is 7. The van der Waals surface area contributed by atoms with Crippen LogP contribution in [0.3, 0.4) is 0 Å². The van der Waals surface area contributed by atoms with Crippen LogP contribution in [0.1, 0.15) is 0 Å². The Bertz CT molecular complexity index is 2710. The Hall–Kier alpha value is -6.58. The average Bonchev–Trinajstić information content (AvgIpc) is 3.75. The van der Waals surface area contributed by atoms with Crippen molar-refractivity contribution in [3.05, 3.63) is 176 Å². The van der Waals surface area contributed by atoms with Gasteiger partial charge in [0, 0.05) is 27.2 Å². The maximum Gasteiger partial charge on any atom is 0.159 e. The molecule has 2 heterocycles. The van der Waals surface area contributed by atoms with Crippen molar-refractivity contribution in [2.24, 2.45) is 0 Å². The molecule has 0 aliphatic rings. The van der Waals surface area contributed by atoms with Gasteiger partial charge in [-0.15, -0.1) is 0 Å². The minimum Gasteiger partial charge on any atom is -0.454 e. The van der Waals surface area contributed by atoms with E-state index >= 15 is 0 Å². The van der Waals surface area contributed by atoms with Gasteiger partial charge >= 0.3 is 0 Å². The fourth-order valence-electron chi connectivity index (χ4n) is 7.44. The molecule has 2 aromatic heterocycles. The van der Waals surface area contributed by atoms with Crippen LogP contribution in [0.15, 0.2) is 185 Å². The highest BCUT2D eigenvalue weighted by atomic mass is 16.3. The normalized spacial score (nSPS) is 11.7. The summed E-state index contributed by atoms with van der Waals surface area (Å²) in [5.41, 5.74) is 11.1. The Morgan fingerprint density at radius 3 is 1.51 bits per heavy atom. The molecule has 8 aromatic carbocycles. The summed E-state index contributed by atoms with van der Waals surface area (Å²) in [7, 11) is 0. The van der Waals surface area contributed by atoms with E-state index in [-0.39, 0.29) is 0 Å². The number of furan rings is 2. The molecule has 0 aliphatic heterocycles. The molecule has 10 aromatic rings. The number of para-hydroxylation sites is 4. The van der Waals surface area contributed by atoms with Gasteiger partial charge in [-0.2, -0.15) is 0 Å². The first-order chi connectivity index (χ1) is 24.3. The molecule has 0 N–H and O–H groups in total. The van der Waals surface area contributed by atoms with Crippen LogP contribution in [-0.4, -0.2) is 0 Å². The molecule has 0 bridgehead atoms. The molecule has 0 unspecified atom stereocenters. The lowest BCUT2D eigenvalue weighted by Crippen LogP contribution is -2.10. The third-order valence-electron chi connectivity index (χ3n) is 9.68. The van der Waals surface area contributed by atoms with E-state index in [9.17, 15) is 0 Å². The summed E-state index contributed by atoms with van der Waals surface area (Å²) in [5.74, 6) is 0. The van der Waals surface area contributed by atoms with E-state index in [0.717, 1.165) is 66.5 Å². The second kappa shape index (κ2) is 11.0. The zero-order valence-corrected chi connectivity index (χ0v) is 26.5. The van der Waals surface area contributed by atoms with Crippen molar-refractivity contribution in [3.8, 4) is 22.3 Å². The molecule has 0 amide bonds. The van der Waals surface area contributed by atoms with Gasteiger partial charge in [-0.1, -0.05) is 140 Å². The molecule has 10 rings (SSSR count). The predicted molar refractivity (Wildman–Crippen MR) is 204 cm³/mol. The number of hydrogen-bond acceptors (Lipinski definition) is 3. The van der Waals surface area contributed by atoms with E-state index < -0.39 is 0 Å². The second-order valence-corrected chi connectivity index (χ2v) is 12.5. The van der Waals surface area contributed by atoms with Gasteiger partial charge < -0.3 is 13.7 Å². The van der Waals surface area contributed by atoms with Crippen LogP contribution in [-0.2, 0) is 0 Å². The molecule has 3 heteroatoms. The molecular weight excluding hydrogens is 599 g/mol. The van der Waals surface area contributed by atoms with E-state index in [1.54, 1.807) is 0 Å². The van der Waals surface area contributed by atoms with Gasteiger partial charge in [-0.25, -0.2) is 0 Å². The van der Waals surface area contributed by atoms with Gasteiger partial charge in [0.1, 0.15) is 11.2 Å². The number of rotatable bonds is 5. The molecule has 0 saturated carbocycles. The van der Waals surface area contributed by atoms with Crippen LogP contribution < -0.4 is 4.90 Å². The molecule has 0 spiro atoms. The topological polar surface area (TPSA) is 29.5 Å². The summed E-state index contributed by atoms with van der Waals surface area (Å²) in [4.78, 5) is 2.28. The summed E-state index contributed by atoms with van der Waals surface area (Å²) in [6.45, 7) is 0. The summed E-state index contributed by atoms with van der Waals surface area (Å²) in [6.07, 6.45) is 0. The van der Waals surface area contributed by atoms with Gasteiger partial charge in [0.2, 0.25) is 0 Å². The Balaban J connectivity index is 1.22. The average molecular weight is 628 g/mol. The maximum absolute atomic E-state index is 6.61. The van der Waals surface area contributed by atoms with Crippen LogP contribution >= 0.6 is 0 Å². The first-order valence-corrected chi connectivity index (χ1v) is 16.6. The van der Waals surface area contributed by atoms with Crippen molar-refractivity contribution in [2.45, 2.75) is 0 Å². The Kier molecular flexibility index (Phi) is 6.18. The lowest BCUT2D eigenvalue weighted by molar-refractivity contribution is 0.666. The molecule has 3 nitrogen and oxygen atoms in total. The van der Waals surface area contributed by atoms with Crippen molar-refractivity contribution in [1.29, 1.82) is 0 Å². The lowest BCUT2D eigenvalue weighted by Gasteiger charge is -2.26. The minimum atomic E-state index is 0.835. The predicted octanol–water partition coefficient (Wildman–Crippen LogP) is 13.4. The largest absolute Gasteiger partial charge is 0.454 e. The van der Waals surface area contributed by atoms with Gasteiger partial charge in [0.15, 0.2) is 11.2 Å². The molecule has 0 atom stereocenters. The SMILES string of the molecule is c1ccc(-c2ccc3ccccc3c2-c2ccc(N(c3cccc4c3oc3ccccc34)c3cccc4c3oc3ccccc34)cc2)cc1. The third kappa shape index (κ3) is 4.37. The van der Waals surface area contributed by atoms with Gasteiger partial charge in [0.05, 0.1) is 11.4 Å². The standard InChI is InChI=1S/C46H29NO2/c1-2-12-30(13-3-1)35-29-26-31-14-4-5-15-34(31)44(35)32-24-27-33(28-25-32)47(40-20-10-18-38-36-16-6-8-22-42(36)48-45(38)40)41-21-11-19-39-37-17-7-9-23-43(37)49-46(39)41/h1-29H. The zero-order valence-electron chi connectivity index (χ0n) is 26.5. The monoisotopic (exact) mass is 627 g/mol. The number of nitrogens with zero attached hydrogens (tertiary/aromatic N) is 1. The molecule has 230 valence electrons. The van der Waals surface area contributed by atoms with E-state index in [2.05, 4.69) is 157 Å².